The molecule has 0 radical (unpaired) electrons. The molecule has 1 aromatic rings. The largest absolute Gasteiger partial charge is 0.450 e. The van der Waals surface area contributed by atoms with Gasteiger partial charge < -0.3 is 14.5 Å². The molecule has 0 aromatic heterocycles. The number of piperazine rings is 1. The van der Waals surface area contributed by atoms with Crippen LogP contribution in [0, 0.1) is 5.92 Å². The second-order valence-electron chi connectivity index (χ2n) is 6.17. The Morgan fingerprint density at radius 2 is 1.80 bits per heavy atom. The molecule has 0 saturated carbocycles. The highest BCUT2D eigenvalue weighted by molar-refractivity contribution is 6.30. The number of hydrogen-bond donors (Lipinski definition) is 2. The van der Waals surface area contributed by atoms with E-state index in [9.17, 15) is 9.59 Å². The van der Waals surface area contributed by atoms with E-state index in [4.69, 9.17) is 16.3 Å². The van der Waals surface area contributed by atoms with E-state index in [0.717, 1.165) is 5.56 Å². The number of benzene rings is 1. The molecule has 2 unspecified atom stereocenters. The molecule has 2 atom stereocenters. The molecule has 3 rings (SSSR count). The number of hydrogen-bond acceptors (Lipinski definition) is 5. The van der Waals surface area contributed by atoms with Gasteiger partial charge in [0.05, 0.1) is 18.6 Å². The first-order valence-corrected chi connectivity index (χ1v) is 8.92. The first kappa shape index (κ1) is 18.0. The molecule has 2 N–H and O–H groups in total. The number of hydrazine groups is 1. The van der Waals surface area contributed by atoms with Crippen LogP contribution in [0.4, 0.5) is 4.79 Å². The number of nitrogens with zero attached hydrogens (tertiary/aromatic N) is 2. The molecule has 0 bridgehead atoms. The van der Waals surface area contributed by atoms with Crippen LogP contribution in [0.1, 0.15) is 18.5 Å². The molecule has 8 heteroatoms. The van der Waals surface area contributed by atoms with E-state index in [0.29, 0.717) is 44.4 Å². The number of rotatable bonds is 3. The number of amides is 2. The van der Waals surface area contributed by atoms with Gasteiger partial charge in [0, 0.05) is 37.7 Å². The zero-order valence-electron chi connectivity index (χ0n) is 14.2. The van der Waals surface area contributed by atoms with Crippen LogP contribution in [0.2, 0.25) is 5.02 Å². The summed E-state index contributed by atoms with van der Waals surface area (Å²) in [5.74, 6) is -0.0868. The summed E-state index contributed by atoms with van der Waals surface area (Å²) in [4.78, 5) is 28.2. The van der Waals surface area contributed by atoms with Crippen molar-refractivity contribution < 1.29 is 14.3 Å². The van der Waals surface area contributed by atoms with Crippen molar-refractivity contribution in [3.05, 3.63) is 34.9 Å². The molecule has 2 heterocycles. The van der Waals surface area contributed by atoms with Gasteiger partial charge in [0.15, 0.2) is 0 Å². The van der Waals surface area contributed by atoms with Crippen molar-refractivity contribution in [2.45, 2.75) is 13.0 Å². The van der Waals surface area contributed by atoms with Crippen molar-refractivity contribution in [3.8, 4) is 0 Å². The molecule has 7 nitrogen and oxygen atoms in total. The average molecular weight is 367 g/mol. The second-order valence-corrected chi connectivity index (χ2v) is 6.61. The van der Waals surface area contributed by atoms with Crippen molar-refractivity contribution in [2.24, 2.45) is 5.92 Å². The zero-order valence-corrected chi connectivity index (χ0v) is 15.0. The minimum absolute atomic E-state index is 0.0900. The van der Waals surface area contributed by atoms with Crippen LogP contribution in [0.5, 0.6) is 0 Å². The molecule has 136 valence electrons. The van der Waals surface area contributed by atoms with E-state index in [2.05, 4.69) is 10.9 Å². The Hall–Kier alpha value is -1.83. The van der Waals surface area contributed by atoms with E-state index in [1.165, 1.54) is 0 Å². The Bertz CT molecular complexity index is 617. The standard InChI is InChI=1S/C17H23ClN4O3/c1-2-25-17(24)22-9-7-21(8-10-22)16(23)14-11-19-20-15(14)12-3-5-13(18)6-4-12/h3-6,14-15,19-20H,2,7-11H2,1H3. The summed E-state index contributed by atoms with van der Waals surface area (Å²) in [6.45, 7) is 4.79. The molecule has 2 aliphatic heterocycles. The van der Waals surface area contributed by atoms with Gasteiger partial charge in [-0.2, -0.15) is 0 Å². The van der Waals surface area contributed by atoms with Gasteiger partial charge in [-0.25, -0.2) is 10.2 Å². The molecular formula is C17H23ClN4O3. The Kier molecular flexibility index (Phi) is 5.78. The maximum absolute atomic E-state index is 12.9. The SMILES string of the molecule is CCOC(=O)N1CCN(C(=O)C2CNNC2c2ccc(Cl)cc2)CC1. The fourth-order valence-corrected chi connectivity index (χ4v) is 3.40. The highest BCUT2D eigenvalue weighted by Gasteiger charge is 2.37. The van der Waals surface area contributed by atoms with Crippen molar-refractivity contribution in [2.75, 3.05) is 39.3 Å². The lowest BCUT2D eigenvalue weighted by molar-refractivity contribution is -0.137. The fraction of sp³-hybridized carbons (Fsp3) is 0.529. The molecule has 2 amide bonds. The lowest BCUT2D eigenvalue weighted by atomic mass is 9.93. The molecule has 2 aliphatic rings. The third-order valence-electron chi connectivity index (χ3n) is 4.65. The van der Waals surface area contributed by atoms with Crippen LogP contribution >= 0.6 is 11.6 Å². The summed E-state index contributed by atoms with van der Waals surface area (Å²) in [6, 6.07) is 7.44. The van der Waals surface area contributed by atoms with Gasteiger partial charge in [-0.1, -0.05) is 23.7 Å². The van der Waals surface area contributed by atoms with Gasteiger partial charge in [0.1, 0.15) is 0 Å². The van der Waals surface area contributed by atoms with Gasteiger partial charge >= 0.3 is 6.09 Å². The number of carbonyl (C=O) groups is 2. The van der Waals surface area contributed by atoms with E-state index in [1.807, 2.05) is 29.2 Å². The van der Waals surface area contributed by atoms with Gasteiger partial charge in [0.25, 0.3) is 0 Å². The topological polar surface area (TPSA) is 73.9 Å². The third kappa shape index (κ3) is 4.05. The van der Waals surface area contributed by atoms with Gasteiger partial charge in [0.2, 0.25) is 5.91 Å². The summed E-state index contributed by atoms with van der Waals surface area (Å²) in [6.07, 6.45) is -0.308. The minimum Gasteiger partial charge on any atom is -0.450 e. The van der Waals surface area contributed by atoms with E-state index < -0.39 is 0 Å². The summed E-state index contributed by atoms with van der Waals surface area (Å²) >= 11 is 5.95. The second kappa shape index (κ2) is 8.03. The number of halogens is 1. The molecule has 25 heavy (non-hydrogen) atoms. The lowest BCUT2D eigenvalue weighted by Gasteiger charge is -2.36. The quantitative estimate of drug-likeness (QED) is 0.846. The Labute approximate surface area is 152 Å². The van der Waals surface area contributed by atoms with Crippen molar-refractivity contribution >= 4 is 23.6 Å². The molecule has 1 aromatic carbocycles. The zero-order chi connectivity index (χ0) is 17.8. The Balaban J connectivity index is 1.61. The first-order valence-electron chi connectivity index (χ1n) is 8.54. The molecule has 2 fully saturated rings. The monoisotopic (exact) mass is 366 g/mol. The molecular weight excluding hydrogens is 344 g/mol. The van der Waals surface area contributed by atoms with Gasteiger partial charge in [-0.3, -0.25) is 10.2 Å². The van der Waals surface area contributed by atoms with E-state index in [1.54, 1.807) is 11.8 Å². The summed E-state index contributed by atoms with van der Waals surface area (Å²) in [5, 5.41) is 0.674. The minimum atomic E-state index is -0.308. The van der Waals surface area contributed by atoms with Crippen LogP contribution in [0.3, 0.4) is 0 Å². The maximum atomic E-state index is 12.9. The Morgan fingerprint density at radius 3 is 2.44 bits per heavy atom. The summed E-state index contributed by atoms with van der Waals surface area (Å²) in [7, 11) is 0. The summed E-state index contributed by atoms with van der Waals surface area (Å²) < 4.78 is 5.01. The molecule has 0 aliphatic carbocycles. The van der Waals surface area contributed by atoms with Crippen LogP contribution in [-0.4, -0.2) is 61.1 Å². The normalized spacial score (nSPS) is 23.6. The maximum Gasteiger partial charge on any atom is 0.409 e. The van der Waals surface area contributed by atoms with Crippen LogP contribution in [0.15, 0.2) is 24.3 Å². The lowest BCUT2D eigenvalue weighted by Crippen LogP contribution is -2.52. The fourth-order valence-electron chi connectivity index (χ4n) is 3.27. The highest BCUT2D eigenvalue weighted by atomic mass is 35.5. The predicted molar refractivity (Wildman–Crippen MR) is 94.0 cm³/mol. The van der Waals surface area contributed by atoms with Crippen LogP contribution in [0.25, 0.3) is 0 Å². The van der Waals surface area contributed by atoms with Gasteiger partial charge in [-0.05, 0) is 24.6 Å². The predicted octanol–water partition coefficient (Wildman–Crippen LogP) is 1.41. The van der Waals surface area contributed by atoms with Crippen molar-refractivity contribution in [3.63, 3.8) is 0 Å². The van der Waals surface area contributed by atoms with Crippen molar-refractivity contribution in [1.29, 1.82) is 0 Å². The number of carbonyl (C=O) groups excluding carboxylic acids is 2. The molecule has 0 spiro atoms. The van der Waals surface area contributed by atoms with E-state index >= 15 is 0 Å². The number of ether oxygens (including phenoxy) is 1. The molecule has 2 saturated heterocycles. The smallest absolute Gasteiger partial charge is 0.409 e. The van der Waals surface area contributed by atoms with Gasteiger partial charge in [-0.15, -0.1) is 0 Å². The van der Waals surface area contributed by atoms with Crippen molar-refractivity contribution in [1.82, 2.24) is 20.7 Å². The third-order valence-corrected chi connectivity index (χ3v) is 4.90. The Morgan fingerprint density at radius 1 is 1.16 bits per heavy atom. The van der Waals surface area contributed by atoms with E-state index in [-0.39, 0.29) is 24.0 Å². The average Bonchev–Trinajstić information content (AvgIpc) is 3.12. The summed E-state index contributed by atoms with van der Waals surface area (Å²) in [5.41, 5.74) is 7.29. The first-order chi connectivity index (χ1) is 12.1. The highest BCUT2D eigenvalue weighted by Crippen LogP contribution is 2.28. The number of nitrogens with one attached hydrogen (secondary N) is 2. The van der Waals surface area contributed by atoms with Crippen LogP contribution < -0.4 is 10.9 Å². The van der Waals surface area contributed by atoms with Crippen LogP contribution in [-0.2, 0) is 9.53 Å².